The summed E-state index contributed by atoms with van der Waals surface area (Å²) < 4.78 is 43.6. The zero-order valence-corrected chi connectivity index (χ0v) is 24.3. The number of rotatable bonds is 4. The van der Waals surface area contributed by atoms with E-state index in [1.54, 1.807) is 0 Å². The van der Waals surface area contributed by atoms with Crippen LogP contribution in [-0.2, 0) is 33.5 Å². The highest BCUT2D eigenvalue weighted by atomic mass is 35.5. The zero-order chi connectivity index (χ0) is 29.5. The van der Waals surface area contributed by atoms with E-state index in [4.69, 9.17) is 5.73 Å². The quantitative estimate of drug-likeness (QED) is 0.312. The number of Topliss-reactive ketones (excluding diaryl/α,β-unsaturated/α-hetero) is 2. The fourth-order valence-electron chi connectivity index (χ4n) is 7.04. The summed E-state index contributed by atoms with van der Waals surface area (Å²) in [4.78, 5) is 42.2. The van der Waals surface area contributed by atoms with Crippen molar-refractivity contribution in [1.29, 1.82) is 0 Å². The van der Waals surface area contributed by atoms with Gasteiger partial charge in [-0.05, 0) is 76.0 Å². The van der Waals surface area contributed by atoms with Gasteiger partial charge in [0.15, 0.2) is 11.4 Å². The van der Waals surface area contributed by atoms with Crippen LogP contribution in [0.2, 0.25) is 0 Å². The number of primary amides is 1. The van der Waals surface area contributed by atoms with E-state index in [0.29, 0.717) is 13.1 Å². The molecule has 42 heavy (non-hydrogen) atoms. The standard InChI is InChI=1S/C27H30F3N3O7.2ClH/c1-32(2)20-14-8-11-7-13-17(15(34)9-12(19(13)27(28,29)30)10-33-5-3-4-6-33)21(35)16(11)23(37)26(14,40)24(38)18(22(20)36)25(31)39;;/h9,11,14,20,34-35,38,40H,3-8,10H2,1-2H3,(H2,31,39);2*1H/t11-,14-,20-,26-;;/m0../s1. The van der Waals surface area contributed by atoms with E-state index in [0.717, 1.165) is 18.9 Å². The summed E-state index contributed by atoms with van der Waals surface area (Å²) in [6, 6.07) is -0.388. The lowest BCUT2D eigenvalue weighted by molar-refractivity contribution is -0.153. The van der Waals surface area contributed by atoms with E-state index in [-0.39, 0.29) is 48.9 Å². The SMILES string of the molecule is CN(C)[C@@H]1C(=O)C(C(N)=O)=C(O)[C@@]2(O)C(=O)C3=C(O)c4c(O)cc(CN5CCCC5)c(C(F)(F)F)c4C[C@H]3C[C@@H]12.Cl.Cl. The molecule has 3 aliphatic carbocycles. The fraction of sp³-hybridized carbons (Fsp3) is 0.519. The Balaban J connectivity index is 0.00000242. The Kier molecular flexibility index (Phi) is 9.09. The second-order valence-corrected chi connectivity index (χ2v) is 11.2. The van der Waals surface area contributed by atoms with E-state index in [2.05, 4.69) is 0 Å². The summed E-state index contributed by atoms with van der Waals surface area (Å²) in [7, 11) is 2.88. The molecule has 1 amide bonds. The number of phenols is 1. The van der Waals surface area contributed by atoms with Crippen molar-refractivity contribution in [3.63, 3.8) is 0 Å². The lowest BCUT2D eigenvalue weighted by atomic mass is 9.57. The van der Waals surface area contributed by atoms with Gasteiger partial charge in [0.05, 0.1) is 17.2 Å². The number of hydrogen-bond acceptors (Lipinski definition) is 9. The second kappa shape index (κ2) is 11.3. The Morgan fingerprint density at radius 3 is 2.26 bits per heavy atom. The number of aliphatic hydroxyl groups is 3. The minimum absolute atomic E-state index is 0. The number of phenolic OH excluding ortho intramolecular Hbond substituents is 1. The summed E-state index contributed by atoms with van der Waals surface area (Å²) in [5, 5.41) is 44.5. The van der Waals surface area contributed by atoms with Crippen LogP contribution in [0, 0.1) is 11.8 Å². The van der Waals surface area contributed by atoms with Crippen LogP contribution in [0.15, 0.2) is 23.0 Å². The van der Waals surface area contributed by atoms with Gasteiger partial charge < -0.3 is 26.2 Å². The smallest absolute Gasteiger partial charge is 0.417 e. The number of benzene rings is 1. The number of nitrogens with zero attached hydrogens (tertiary/aromatic N) is 2. The van der Waals surface area contributed by atoms with Crippen molar-refractivity contribution >= 4 is 48.0 Å². The molecule has 2 fully saturated rings. The minimum Gasteiger partial charge on any atom is -0.508 e. The fourth-order valence-corrected chi connectivity index (χ4v) is 7.04. The van der Waals surface area contributed by atoms with E-state index in [1.165, 1.54) is 19.0 Å². The van der Waals surface area contributed by atoms with Crippen LogP contribution in [0.4, 0.5) is 13.2 Å². The van der Waals surface area contributed by atoms with Crippen molar-refractivity contribution in [2.45, 2.75) is 50.0 Å². The maximum atomic E-state index is 14.5. The van der Waals surface area contributed by atoms with Gasteiger partial charge >= 0.3 is 6.18 Å². The maximum Gasteiger partial charge on any atom is 0.417 e. The predicted molar refractivity (Wildman–Crippen MR) is 148 cm³/mol. The highest BCUT2D eigenvalue weighted by Crippen LogP contribution is 2.54. The molecule has 4 atom stereocenters. The van der Waals surface area contributed by atoms with Gasteiger partial charge in [-0.15, -0.1) is 24.8 Å². The van der Waals surface area contributed by atoms with Crippen LogP contribution in [-0.4, -0.2) is 86.5 Å². The first-order valence-corrected chi connectivity index (χ1v) is 12.9. The van der Waals surface area contributed by atoms with Gasteiger partial charge in [0.25, 0.3) is 5.91 Å². The van der Waals surface area contributed by atoms with Gasteiger partial charge in [0, 0.05) is 18.0 Å². The lowest BCUT2D eigenvalue weighted by Crippen LogP contribution is -2.65. The molecule has 1 aromatic rings. The van der Waals surface area contributed by atoms with Crippen molar-refractivity contribution in [2.24, 2.45) is 17.6 Å². The average molecular weight is 638 g/mol. The van der Waals surface area contributed by atoms with Crippen molar-refractivity contribution < 1.29 is 48.0 Å². The van der Waals surface area contributed by atoms with Gasteiger partial charge in [-0.3, -0.25) is 24.2 Å². The number of fused-ring (bicyclic) bond motifs is 3. The van der Waals surface area contributed by atoms with Gasteiger partial charge in [0.2, 0.25) is 5.78 Å². The summed E-state index contributed by atoms with van der Waals surface area (Å²) >= 11 is 0. The molecule has 1 saturated heterocycles. The zero-order valence-electron chi connectivity index (χ0n) is 22.7. The number of likely N-dealkylation sites (N-methyl/N-ethyl adjacent to an activating group) is 1. The lowest BCUT2D eigenvalue weighted by Gasteiger charge is -2.50. The molecule has 0 spiro atoms. The summed E-state index contributed by atoms with van der Waals surface area (Å²) in [5.74, 6) is -8.93. The summed E-state index contributed by atoms with van der Waals surface area (Å²) in [6.45, 7) is 1.14. The molecular formula is C27H32Cl2F3N3O7. The number of hydrogen-bond donors (Lipinski definition) is 5. The third-order valence-corrected chi connectivity index (χ3v) is 8.68. The van der Waals surface area contributed by atoms with Crippen molar-refractivity contribution in [2.75, 3.05) is 27.2 Å². The Morgan fingerprint density at radius 2 is 1.74 bits per heavy atom. The molecule has 0 bridgehead atoms. The Bertz CT molecular complexity index is 1410. The molecular weight excluding hydrogens is 606 g/mol. The first-order chi connectivity index (χ1) is 18.6. The van der Waals surface area contributed by atoms with E-state index in [1.807, 2.05) is 4.90 Å². The number of ketones is 2. The molecule has 5 rings (SSSR count). The van der Waals surface area contributed by atoms with Crippen molar-refractivity contribution in [3.8, 4) is 5.75 Å². The van der Waals surface area contributed by atoms with Gasteiger partial charge in [-0.25, -0.2) is 0 Å². The normalized spacial score (nSPS) is 27.7. The monoisotopic (exact) mass is 637 g/mol. The third kappa shape index (κ3) is 4.84. The Morgan fingerprint density at radius 1 is 1.14 bits per heavy atom. The molecule has 10 nitrogen and oxygen atoms in total. The second-order valence-electron chi connectivity index (χ2n) is 11.2. The van der Waals surface area contributed by atoms with Crippen LogP contribution in [0.3, 0.4) is 0 Å². The molecule has 0 unspecified atom stereocenters. The first kappa shape index (κ1) is 33.7. The number of aliphatic hydroxyl groups excluding tert-OH is 2. The number of amides is 1. The van der Waals surface area contributed by atoms with Crippen LogP contribution < -0.4 is 5.73 Å². The van der Waals surface area contributed by atoms with E-state index < -0.39 is 93.1 Å². The van der Waals surface area contributed by atoms with E-state index in [9.17, 15) is 48.0 Å². The molecule has 232 valence electrons. The Labute approximate surface area is 251 Å². The van der Waals surface area contributed by atoms with Crippen molar-refractivity contribution in [1.82, 2.24) is 9.80 Å². The molecule has 1 aromatic carbocycles. The third-order valence-electron chi connectivity index (χ3n) is 8.68. The highest BCUT2D eigenvalue weighted by molar-refractivity contribution is 6.24. The summed E-state index contributed by atoms with van der Waals surface area (Å²) in [6.07, 6.45) is -3.90. The number of carbonyl (C=O) groups is 3. The van der Waals surface area contributed by atoms with Crippen LogP contribution in [0.25, 0.3) is 5.76 Å². The molecule has 4 aliphatic rings. The van der Waals surface area contributed by atoms with Crippen LogP contribution in [0.5, 0.6) is 5.75 Å². The molecule has 1 heterocycles. The topological polar surface area (TPSA) is 165 Å². The summed E-state index contributed by atoms with van der Waals surface area (Å²) in [5.41, 5.74) is -1.16. The largest absolute Gasteiger partial charge is 0.508 e. The van der Waals surface area contributed by atoms with Crippen molar-refractivity contribution in [3.05, 3.63) is 45.2 Å². The van der Waals surface area contributed by atoms with Crippen LogP contribution >= 0.6 is 24.8 Å². The van der Waals surface area contributed by atoms with Crippen LogP contribution in [0.1, 0.15) is 41.5 Å². The number of aromatic hydroxyl groups is 1. The number of likely N-dealkylation sites (tertiary alicyclic amines) is 1. The predicted octanol–water partition coefficient (Wildman–Crippen LogP) is 2.42. The molecule has 0 radical (unpaired) electrons. The average Bonchev–Trinajstić information content (AvgIpc) is 3.33. The number of alkyl halides is 3. The molecule has 15 heteroatoms. The molecule has 1 saturated carbocycles. The number of halogens is 5. The van der Waals surface area contributed by atoms with Gasteiger partial charge in [-0.2, -0.15) is 13.2 Å². The number of carbonyl (C=O) groups excluding carboxylic acids is 3. The Hall–Kier alpha value is -2.84. The molecule has 6 N–H and O–H groups in total. The molecule has 0 aromatic heterocycles. The minimum atomic E-state index is -4.85. The van der Waals surface area contributed by atoms with E-state index >= 15 is 0 Å². The number of nitrogens with two attached hydrogens (primary N) is 1. The first-order valence-electron chi connectivity index (χ1n) is 12.9. The molecule has 1 aliphatic heterocycles. The van der Waals surface area contributed by atoms with Gasteiger partial charge in [0.1, 0.15) is 22.8 Å². The maximum absolute atomic E-state index is 14.5. The van der Waals surface area contributed by atoms with Gasteiger partial charge in [-0.1, -0.05) is 0 Å². The highest BCUT2D eigenvalue weighted by Gasteiger charge is 2.64.